The first-order valence-corrected chi connectivity index (χ1v) is 25.3. The molecule has 23 heteroatoms. The lowest BCUT2D eigenvalue weighted by molar-refractivity contribution is -0.145. The standard InChI is InChI=1S/C52H77N13O10/c1-9-31(4)42(46(70)59-37(27-34-28-56-29-58-34)47(71)65-24-14-18-39(65)44(68)60-38(49(73)74)25-32-15-11-10-12-16-32)63-45(69)40(26-33-19-21-35(66)22-20-33)64(8)48(72)41(30(2)3)62-43(67)36(17-13-23-57-51(53)54)61-50(75)52(5,6)55-7/h10-12,15-16,19-22,28-31,36-42,55,66H,9,13-14,17-18,23-27H2,1-8H3,(H,56,58)(H,59,70)(H,60,68)(H,61,75)(H,62,67)(H,63,69)(H,73,74)(H4,53,54,57)/t31-,36-,37-,38-,39-,40-,41-,42-/m0/s1. The van der Waals surface area contributed by atoms with Crippen LogP contribution in [0.2, 0.25) is 0 Å². The highest BCUT2D eigenvalue weighted by Crippen LogP contribution is 2.22. The Morgan fingerprint density at radius 3 is 2.08 bits per heavy atom. The minimum absolute atomic E-state index is 0.0134. The Kier molecular flexibility index (Phi) is 22.6. The van der Waals surface area contributed by atoms with Crippen molar-refractivity contribution in [2.45, 2.75) is 141 Å². The Bertz CT molecular complexity index is 2430. The number of rotatable bonds is 28. The largest absolute Gasteiger partial charge is 0.508 e. The van der Waals surface area contributed by atoms with E-state index in [-0.39, 0.29) is 56.9 Å². The van der Waals surface area contributed by atoms with E-state index in [0.29, 0.717) is 36.1 Å². The molecule has 2 aromatic carbocycles. The van der Waals surface area contributed by atoms with Crippen LogP contribution in [0.15, 0.2) is 72.1 Å². The fourth-order valence-corrected chi connectivity index (χ4v) is 8.48. The summed E-state index contributed by atoms with van der Waals surface area (Å²) in [4.78, 5) is 126. The SMILES string of the molecule is CC[C@H](C)[C@H](NC(=O)[C@H](Cc1ccc(O)cc1)N(C)C(=O)[C@@H](NC(=O)[C@H](CCCN=C(N)N)NC(=O)C(C)(C)NC)C(C)C)C(=O)N[C@@H](Cc1cnc[nH]1)C(=O)N1CCC[C@H]1C(=O)N[C@@H](Cc1ccccc1)C(=O)O. The first-order chi connectivity index (χ1) is 35.5. The minimum Gasteiger partial charge on any atom is -0.508 e. The van der Waals surface area contributed by atoms with Gasteiger partial charge in [-0.1, -0.05) is 76.6 Å². The second kappa shape index (κ2) is 28.2. The number of benzene rings is 2. The number of amides is 7. The van der Waals surface area contributed by atoms with Gasteiger partial charge in [0.25, 0.3) is 0 Å². The molecule has 4 rings (SSSR count). The highest BCUT2D eigenvalue weighted by molar-refractivity contribution is 5.98. The number of hydrogen-bond acceptors (Lipinski definition) is 12. The van der Waals surface area contributed by atoms with Gasteiger partial charge in [0.05, 0.1) is 11.9 Å². The summed E-state index contributed by atoms with van der Waals surface area (Å²) < 4.78 is 0. The highest BCUT2D eigenvalue weighted by Gasteiger charge is 2.42. The highest BCUT2D eigenvalue weighted by atomic mass is 16.4. The van der Waals surface area contributed by atoms with Gasteiger partial charge in [0.2, 0.25) is 41.4 Å². The van der Waals surface area contributed by atoms with Crippen molar-refractivity contribution in [3.63, 3.8) is 0 Å². The molecule has 75 heavy (non-hydrogen) atoms. The number of phenols is 1. The number of nitrogens with one attached hydrogen (secondary N) is 7. The van der Waals surface area contributed by atoms with E-state index in [1.807, 2.05) is 6.92 Å². The zero-order chi connectivity index (χ0) is 55.6. The molecule has 8 atom stereocenters. The summed E-state index contributed by atoms with van der Waals surface area (Å²) in [5.74, 6) is -7.05. The van der Waals surface area contributed by atoms with Gasteiger partial charge in [0.15, 0.2) is 5.96 Å². The molecule has 0 radical (unpaired) electrons. The number of nitrogens with two attached hydrogens (primary N) is 2. The predicted octanol–water partition coefficient (Wildman–Crippen LogP) is 0.223. The zero-order valence-corrected chi connectivity index (χ0v) is 44.2. The number of carboxylic acids is 1. The first-order valence-electron chi connectivity index (χ1n) is 25.3. The molecule has 0 spiro atoms. The Labute approximate surface area is 438 Å². The maximum atomic E-state index is 14.8. The molecule has 2 heterocycles. The van der Waals surface area contributed by atoms with Crippen LogP contribution < -0.4 is 43.4 Å². The number of hydrogen-bond donors (Lipinski definition) is 11. The van der Waals surface area contributed by atoms with E-state index in [4.69, 9.17) is 11.5 Å². The number of H-pyrrole nitrogens is 1. The molecule has 7 amide bonds. The van der Waals surface area contributed by atoms with Crippen LogP contribution in [-0.4, -0.2) is 158 Å². The van der Waals surface area contributed by atoms with Crippen molar-refractivity contribution < 1.29 is 48.6 Å². The molecule has 0 unspecified atom stereocenters. The van der Waals surface area contributed by atoms with E-state index in [2.05, 4.69) is 46.9 Å². The number of nitrogens with zero attached hydrogens (tertiary/aromatic N) is 4. The number of carbonyl (C=O) groups excluding carboxylic acids is 7. The van der Waals surface area contributed by atoms with Crippen molar-refractivity contribution in [1.29, 1.82) is 0 Å². The molecular formula is C52H77N13O10. The third kappa shape index (κ3) is 17.5. The Hall–Kier alpha value is -7.56. The van der Waals surface area contributed by atoms with E-state index in [1.54, 1.807) is 84.1 Å². The van der Waals surface area contributed by atoms with Gasteiger partial charge < -0.3 is 68.4 Å². The van der Waals surface area contributed by atoms with Gasteiger partial charge in [0, 0.05) is 51.3 Å². The van der Waals surface area contributed by atoms with Crippen LogP contribution in [-0.2, 0) is 57.6 Å². The lowest BCUT2D eigenvalue weighted by Crippen LogP contribution is -2.62. The van der Waals surface area contributed by atoms with E-state index >= 15 is 0 Å². The van der Waals surface area contributed by atoms with Gasteiger partial charge in [-0.2, -0.15) is 0 Å². The van der Waals surface area contributed by atoms with Crippen LogP contribution in [0.5, 0.6) is 5.75 Å². The third-order valence-electron chi connectivity index (χ3n) is 13.6. The molecule has 23 nitrogen and oxygen atoms in total. The fourth-order valence-electron chi connectivity index (χ4n) is 8.48. The Morgan fingerprint density at radius 1 is 0.840 bits per heavy atom. The summed E-state index contributed by atoms with van der Waals surface area (Å²) in [6.45, 7) is 10.6. The van der Waals surface area contributed by atoms with Crippen LogP contribution in [0, 0.1) is 11.8 Å². The maximum Gasteiger partial charge on any atom is 0.326 e. The molecule has 3 aromatic rings. The average molecular weight is 1040 g/mol. The first kappa shape index (κ1) is 60.0. The van der Waals surface area contributed by atoms with Crippen LogP contribution in [0.4, 0.5) is 0 Å². The summed E-state index contributed by atoms with van der Waals surface area (Å²) in [5.41, 5.74) is 11.7. The van der Waals surface area contributed by atoms with Crippen molar-refractivity contribution in [2.24, 2.45) is 28.3 Å². The van der Waals surface area contributed by atoms with Crippen LogP contribution in [0.3, 0.4) is 0 Å². The molecule has 1 fully saturated rings. The molecule has 0 aliphatic carbocycles. The number of carboxylic acid groups (broad SMARTS) is 1. The number of likely N-dealkylation sites (tertiary alicyclic amines) is 1. The number of aromatic amines is 1. The second-order valence-electron chi connectivity index (χ2n) is 19.9. The smallest absolute Gasteiger partial charge is 0.326 e. The second-order valence-corrected chi connectivity index (χ2v) is 19.9. The maximum absolute atomic E-state index is 14.8. The molecule has 1 aliphatic heterocycles. The molecule has 0 saturated carbocycles. The number of likely N-dealkylation sites (N-methyl/N-ethyl adjacent to an activating group) is 2. The lowest BCUT2D eigenvalue weighted by Gasteiger charge is -2.35. The number of aromatic hydroxyl groups is 1. The van der Waals surface area contributed by atoms with E-state index in [0.717, 1.165) is 0 Å². The van der Waals surface area contributed by atoms with Gasteiger partial charge >= 0.3 is 5.97 Å². The number of guanidine groups is 1. The summed E-state index contributed by atoms with van der Waals surface area (Å²) in [7, 11) is 3.00. The number of imidazole rings is 1. The number of carbonyl (C=O) groups is 8. The predicted molar refractivity (Wildman–Crippen MR) is 280 cm³/mol. The number of aliphatic carboxylic acids is 1. The molecular weight excluding hydrogens is 967 g/mol. The minimum atomic E-state index is -1.31. The van der Waals surface area contributed by atoms with Gasteiger partial charge in [-0.25, -0.2) is 9.78 Å². The summed E-state index contributed by atoms with van der Waals surface area (Å²) in [6.07, 6.45) is 4.19. The number of phenolic OH excluding ortho intramolecular Hbond substituents is 1. The Balaban J connectivity index is 1.62. The number of aromatic nitrogens is 2. The normalized spacial score (nSPS) is 16.2. The Morgan fingerprint density at radius 2 is 1.49 bits per heavy atom. The van der Waals surface area contributed by atoms with Gasteiger partial charge in [0.1, 0.15) is 48.0 Å². The summed E-state index contributed by atoms with van der Waals surface area (Å²) >= 11 is 0. The van der Waals surface area contributed by atoms with E-state index in [1.165, 1.54) is 41.5 Å². The van der Waals surface area contributed by atoms with Crippen molar-refractivity contribution in [3.05, 3.63) is 83.9 Å². The van der Waals surface area contributed by atoms with Gasteiger partial charge in [-0.05, 0) is 81.7 Å². The number of aliphatic imine (C=N–C) groups is 1. The van der Waals surface area contributed by atoms with Crippen LogP contribution >= 0.6 is 0 Å². The topological polar surface area (TPSA) is 349 Å². The molecule has 13 N–H and O–H groups in total. The van der Waals surface area contributed by atoms with Crippen molar-refractivity contribution in [2.75, 3.05) is 27.2 Å². The van der Waals surface area contributed by atoms with Crippen molar-refractivity contribution in [1.82, 2.24) is 51.7 Å². The monoisotopic (exact) mass is 1040 g/mol. The quantitative estimate of drug-likeness (QED) is 0.0264. The van der Waals surface area contributed by atoms with E-state index in [9.17, 15) is 48.6 Å². The van der Waals surface area contributed by atoms with Crippen LogP contribution in [0.1, 0.15) is 90.5 Å². The van der Waals surface area contributed by atoms with Gasteiger partial charge in [-0.3, -0.25) is 38.6 Å². The van der Waals surface area contributed by atoms with Crippen molar-refractivity contribution in [3.8, 4) is 5.75 Å². The molecule has 410 valence electrons. The van der Waals surface area contributed by atoms with Crippen molar-refractivity contribution >= 4 is 53.3 Å². The molecule has 1 saturated heterocycles. The van der Waals surface area contributed by atoms with Crippen LogP contribution in [0.25, 0.3) is 0 Å². The molecule has 0 bridgehead atoms. The third-order valence-corrected chi connectivity index (χ3v) is 13.6. The van der Waals surface area contributed by atoms with Gasteiger partial charge in [-0.15, -0.1) is 0 Å². The molecule has 1 aliphatic rings. The zero-order valence-electron chi connectivity index (χ0n) is 44.2. The van der Waals surface area contributed by atoms with E-state index < -0.39 is 107 Å². The fraction of sp³-hybridized carbons (Fsp3) is 0.538. The summed E-state index contributed by atoms with van der Waals surface area (Å²) in [5, 5.41) is 36.9. The summed E-state index contributed by atoms with van der Waals surface area (Å²) in [6, 6.07) is 6.31. The average Bonchev–Trinajstić information content (AvgIpc) is 4.10. The lowest BCUT2D eigenvalue weighted by atomic mass is 9.95. The molecule has 1 aromatic heterocycles.